The summed E-state index contributed by atoms with van der Waals surface area (Å²) in [5, 5.41) is 4.32. The van der Waals surface area contributed by atoms with Crippen molar-refractivity contribution >= 4 is 40.0 Å². The number of ketones is 1. The second-order valence-electron chi connectivity index (χ2n) is 6.34. The molecule has 1 N–H and O–H groups in total. The fourth-order valence-corrected chi connectivity index (χ4v) is 3.69. The minimum absolute atomic E-state index is 0.00490. The van der Waals surface area contributed by atoms with Crippen LogP contribution in [0.2, 0.25) is 0 Å². The summed E-state index contributed by atoms with van der Waals surface area (Å²) < 4.78 is 14.2. The summed E-state index contributed by atoms with van der Waals surface area (Å²) in [6.45, 7) is 5.35. The topological polar surface area (TPSA) is 59.1 Å². The van der Waals surface area contributed by atoms with Crippen LogP contribution in [-0.2, 0) is 4.79 Å². The molecule has 27 heavy (non-hydrogen) atoms. The lowest BCUT2D eigenvalue weighted by atomic mass is 10.1. The van der Waals surface area contributed by atoms with Crippen LogP contribution in [0.25, 0.3) is 10.9 Å². The van der Waals surface area contributed by atoms with Crippen LogP contribution in [0.4, 0.5) is 10.1 Å². The first-order valence-corrected chi connectivity index (χ1v) is 9.44. The Balaban J connectivity index is 1.77. The molecule has 0 saturated heterocycles. The summed E-state index contributed by atoms with van der Waals surface area (Å²) in [5.41, 5.74) is 3.41. The van der Waals surface area contributed by atoms with E-state index in [0.29, 0.717) is 5.69 Å². The lowest BCUT2D eigenvalue weighted by molar-refractivity contribution is -0.114. The predicted molar refractivity (Wildman–Crippen MR) is 107 cm³/mol. The number of thioether (sulfide) groups is 1. The molecule has 0 saturated carbocycles. The molecule has 1 heterocycles. The standard InChI is InChI=1S/C21H19FN2O2S/c1-12-5-4-6-16-13(2)9-20(24-21(12)16)27-11-19(26)17-8-7-15(10-18(17)22)23-14(3)25/h4-10H,11H2,1-3H3,(H,23,25). The average molecular weight is 382 g/mol. The number of amides is 1. The molecule has 0 spiro atoms. The molecule has 6 heteroatoms. The number of hydrogen-bond donors (Lipinski definition) is 1. The largest absolute Gasteiger partial charge is 0.326 e. The van der Waals surface area contributed by atoms with Gasteiger partial charge >= 0.3 is 0 Å². The maximum absolute atomic E-state index is 14.2. The van der Waals surface area contributed by atoms with E-state index >= 15 is 0 Å². The molecule has 0 unspecified atom stereocenters. The first kappa shape index (κ1) is 19.0. The zero-order valence-corrected chi connectivity index (χ0v) is 16.1. The third kappa shape index (κ3) is 4.34. The number of nitrogens with one attached hydrogen (secondary N) is 1. The minimum atomic E-state index is -0.648. The lowest BCUT2D eigenvalue weighted by Crippen LogP contribution is -2.09. The van der Waals surface area contributed by atoms with E-state index in [9.17, 15) is 14.0 Å². The molecular weight excluding hydrogens is 363 g/mol. The summed E-state index contributed by atoms with van der Waals surface area (Å²) in [4.78, 5) is 28.1. The quantitative estimate of drug-likeness (QED) is 0.502. The van der Waals surface area contributed by atoms with Crippen molar-refractivity contribution < 1.29 is 14.0 Å². The van der Waals surface area contributed by atoms with Gasteiger partial charge in [0.05, 0.1) is 21.9 Å². The van der Waals surface area contributed by atoms with Gasteiger partial charge in [-0.2, -0.15) is 0 Å². The maximum atomic E-state index is 14.2. The van der Waals surface area contributed by atoms with Gasteiger partial charge in [-0.3, -0.25) is 9.59 Å². The van der Waals surface area contributed by atoms with Crippen LogP contribution < -0.4 is 5.32 Å². The number of hydrogen-bond acceptors (Lipinski definition) is 4. The van der Waals surface area contributed by atoms with E-state index in [1.807, 2.05) is 38.1 Å². The molecule has 3 aromatic rings. The molecule has 3 rings (SSSR count). The summed E-state index contributed by atoms with van der Waals surface area (Å²) >= 11 is 1.29. The fourth-order valence-electron chi connectivity index (χ4n) is 2.84. The van der Waals surface area contributed by atoms with Crippen molar-refractivity contribution in [2.75, 3.05) is 11.1 Å². The van der Waals surface area contributed by atoms with E-state index in [-0.39, 0.29) is 23.0 Å². The lowest BCUT2D eigenvalue weighted by Gasteiger charge is -2.09. The molecule has 138 valence electrons. The number of carbonyl (C=O) groups is 2. The number of rotatable bonds is 5. The van der Waals surface area contributed by atoms with Crippen LogP contribution in [0.3, 0.4) is 0 Å². The van der Waals surface area contributed by atoms with E-state index in [1.54, 1.807) is 0 Å². The third-order valence-electron chi connectivity index (χ3n) is 4.17. The third-order valence-corrected chi connectivity index (χ3v) is 5.08. The Labute approximate surface area is 161 Å². The number of pyridine rings is 1. The Morgan fingerprint density at radius 3 is 2.59 bits per heavy atom. The molecule has 1 aromatic heterocycles. The van der Waals surface area contributed by atoms with Gasteiger partial charge in [-0.05, 0) is 49.2 Å². The zero-order valence-electron chi connectivity index (χ0n) is 15.3. The first-order valence-electron chi connectivity index (χ1n) is 8.45. The van der Waals surface area contributed by atoms with E-state index in [0.717, 1.165) is 33.1 Å². The second kappa shape index (κ2) is 7.88. The number of para-hydroxylation sites is 1. The Bertz CT molecular complexity index is 1050. The summed E-state index contributed by atoms with van der Waals surface area (Å²) in [7, 11) is 0. The Hall–Kier alpha value is -2.73. The number of carbonyl (C=O) groups excluding carboxylic acids is 2. The first-order chi connectivity index (χ1) is 12.8. The highest BCUT2D eigenvalue weighted by atomic mass is 32.2. The van der Waals surface area contributed by atoms with Crippen molar-refractivity contribution in [1.82, 2.24) is 4.98 Å². The number of aryl methyl sites for hydroxylation is 2. The van der Waals surface area contributed by atoms with Gasteiger partial charge in [0.15, 0.2) is 5.78 Å². The number of fused-ring (bicyclic) bond motifs is 1. The maximum Gasteiger partial charge on any atom is 0.221 e. The number of benzene rings is 2. The van der Waals surface area contributed by atoms with Crippen molar-refractivity contribution in [2.24, 2.45) is 0 Å². The van der Waals surface area contributed by atoms with E-state index in [4.69, 9.17) is 0 Å². The molecule has 4 nitrogen and oxygen atoms in total. The number of anilines is 1. The highest BCUT2D eigenvalue weighted by Gasteiger charge is 2.14. The molecule has 0 atom stereocenters. The van der Waals surface area contributed by atoms with Gasteiger partial charge in [-0.1, -0.05) is 30.0 Å². The molecule has 2 aromatic carbocycles. The SMILES string of the molecule is CC(=O)Nc1ccc(C(=O)CSc2cc(C)c3cccc(C)c3n2)c(F)c1. The van der Waals surface area contributed by atoms with Gasteiger partial charge in [0, 0.05) is 18.0 Å². The van der Waals surface area contributed by atoms with Gasteiger partial charge in [0.2, 0.25) is 5.91 Å². The summed E-state index contributed by atoms with van der Waals surface area (Å²) in [5.74, 6) is -1.18. The number of halogens is 1. The molecule has 1 amide bonds. The van der Waals surface area contributed by atoms with Crippen molar-refractivity contribution in [2.45, 2.75) is 25.8 Å². The number of nitrogens with zero attached hydrogens (tertiary/aromatic N) is 1. The van der Waals surface area contributed by atoms with E-state index in [2.05, 4.69) is 10.3 Å². The van der Waals surface area contributed by atoms with Crippen LogP contribution in [0.15, 0.2) is 47.5 Å². The molecule has 0 fully saturated rings. The zero-order chi connectivity index (χ0) is 19.6. The monoisotopic (exact) mass is 382 g/mol. The molecule has 0 aliphatic heterocycles. The van der Waals surface area contributed by atoms with Crippen LogP contribution in [0, 0.1) is 19.7 Å². The molecular formula is C21H19FN2O2S. The second-order valence-corrected chi connectivity index (χ2v) is 7.33. The minimum Gasteiger partial charge on any atom is -0.326 e. The Morgan fingerprint density at radius 2 is 1.89 bits per heavy atom. The van der Waals surface area contributed by atoms with Crippen molar-refractivity contribution in [3.63, 3.8) is 0 Å². The number of Topliss-reactive ketones (excluding diaryl/α,β-unsaturated/α-hetero) is 1. The van der Waals surface area contributed by atoms with Gasteiger partial charge in [0.25, 0.3) is 0 Å². The average Bonchev–Trinajstić information content (AvgIpc) is 2.60. The normalized spacial score (nSPS) is 10.8. The molecule has 0 bridgehead atoms. The summed E-state index contributed by atoms with van der Waals surface area (Å²) in [6.07, 6.45) is 0. The van der Waals surface area contributed by atoms with Crippen LogP contribution in [-0.4, -0.2) is 22.4 Å². The van der Waals surface area contributed by atoms with Crippen LogP contribution in [0.1, 0.15) is 28.4 Å². The van der Waals surface area contributed by atoms with Crippen molar-refractivity contribution in [1.29, 1.82) is 0 Å². The van der Waals surface area contributed by atoms with Crippen LogP contribution in [0.5, 0.6) is 0 Å². The van der Waals surface area contributed by atoms with E-state index < -0.39 is 5.82 Å². The van der Waals surface area contributed by atoms with Gasteiger partial charge in [0.1, 0.15) is 5.82 Å². The Kier molecular flexibility index (Phi) is 5.56. The highest BCUT2D eigenvalue weighted by molar-refractivity contribution is 7.99. The smallest absolute Gasteiger partial charge is 0.221 e. The van der Waals surface area contributed by atoms with Gasteiger partial charge in [-0.25, -0.2) is 9.37 Å². The van der Waals surface area contributed by atoms with E-state index in [1.165, 1.54) is 30.8 Å². The highest BCUT2D eigenvalue weighted by Crippen LogP contribution is 2.26. The number of aromatic nitrogens is 1. The van der Waals surface area contributed by atoms with Crippen molar-refractivity contribution in [3.05, 3.63) is 65.0 Å². The summed E-state index contributed by atoms with van der Waals surface area (Å²) in [6, 6.07) is 12.0. The van der Waals surface area contributed by atoms with Crippen molar-refractivity contribution in [3.8, 4) is 0 Å². The van der Waals surface area contributed by atoms with Gasteiger partial charge < -0.3 is 5.32 Å². The Morgan fingerprint density at radius 1 is 1.11 bits per heavy atom. The van der Waals surface area contributed by atoms with Gasteiger partial charge in [-0.15, -0.1) is 0 Å². The van der Waals surface area contributed by atoms with Crippen LogP contribution >= 0.6 is 11.8 Å². The predicted octanol–water partition coefficient (Wildman–Crippen LogP) is 4.92. The molecule has 0 aliphatic rings. The molecule has 0 aliphatic carbocycles. The molecule has 0 radical (unpaired) electrons. The fraction of sp³-hybridized carbons (Fsp3) is 0.190.